The van der Waals surface area contributed by atoms with Crippen LogP contribution in [0.5, 0.6) is 0 Å². The smallest absolute Gasteiger partial charge is 0.303 e. The van der Waals surface area contributed by atoms with E-state index in [0.717, 1.165) is 11.1 Å². The third kappa shape index (κ3) is 4.13. The molecule has 4 nitrogen and oxygen atoms in total. The van der Waals surface area contributed by atoms with Crippen molar-refractivity contribution in [2.75, 3.05) is 6.61 Å². The molecule has 0 aliphatic heterocycles. The van der Waals surface area contributed by atoms with Crippen LogP contribution < -0.4 is 5.32 Å². The zero-order valence-corrected chi connectivity index (χ0v) is 9.45. The second-order valence-corrected chi connectivity index (χ2v) is 3.48. The Bertz CT molecular complexity index is 388. The number of esters is 1. The van der Waals surface area contributed by atoms with Gasteiger partial charge < -0.3 is 10.1 Å². The number of amides is 1. The van der Waals surface area contributed by atoms with Crippen molar-refractivity contribution >= 4 is 11.9 Å². The van der Waals surface area contributed by atoms with Gasteiger partial charge in [0.05, 0.1) is 0 Å². The van der Waals surface area contributed by atoms with Gasteiger partial charge in [-0.05, 0) is 18.1 Å². The summed E-state index contributed by atoms with van der Waals surface area (Å²) < 4.78 is 4.57. The van der Waals surface area contributed by atoms with Crippen molar-refractivity contribution in [3.63, 3.8) is 0 Å². The van der Waals surface area contributed by atoms with E-state index in [1.165, 1.54) is 6.92 Å². The average Bonchev–Trinajstić information content (AvgIpc) is 2.25. The quantitative estimate of drug-likeness (QED) is 0.776. The van der Waals surface area contributed by atoms with Gasteiger partial charge in [0.2, 0.25) is 0 Å². The summed E-state index contributed by atoms with van der Waals surface area (Å²) >= 11 is 0. The lowest BCUT2D eigenvalue weighted by Crippen LogP contribution is -2.28. The van der Waals surface area contributed by atoms with Crippen LogP contribution in [0.3, 0.4) is 0 Å². The van der Waals surface area contributed by atoms with E-state index in [-0.39, 0.29) is 12.5 Å². The number of nitrogens with one attached hydrogen (secondary N) is 1. The molecule has 1 aromatic rings. The van der Waals surface area contributed by atoms with Crippen molar-refractivity contribution < 1.29 is 14.3 Å². The number of hydrogen-bond donors (Lipinski definition) is 1. The number of carbonyl (C=O) groups is 2. The van der Waals surface area contributed by atoms with Crippen LogP contribution in [-0.4, -0.2) is 18.5 Å². The first kappa shape index (κ1) is 12.2. The van der Waals surface area contributed by atoms with E-state index < -0.39 is 5.97 Å². The minimum absolute atomic E-state index is 0.221. The van der Waals surface area contributed by atoms with E-state index in [9.17, 15) is 9.59 Å². The van der Waals surface area contributed by atoms with E-state index in [1.54, 1.807) is 0 Å². The number of hydrogen-bond acceptors (Lipinski definition) is 3. The highest BCUT2D eigenvalue weighted by atomic mass is 16.5. The van der Waals surface area contributed by atoms with Gasteiger partial charge in [0.1, 0.15) is 0 Å². The van der Waals surface area contributed by atoms with Crippen LogP contribution in [0.1, 0.15) is 18.1 Å². The molecule has 86 valence electrons. The minimum atomic E-state index is -0.453. The molecule has 0 radical (unpaired) electrons. The molecular formula is C12H15NO3. The average molecular weight is 221 g/mol. The molecule has 0 atom stereocenters. The minimum Gasteiger partial charge on any atom is -0.456 e. The first-order chi connectivity index (χ1) is 7.59. The van der Waals surface area contributed by atoms with Crippen LogP contribution in [-0.2, 0) is 20.9 Å². The molecule has 1 rings (SSSR count). The van der Waals surface area contributed by atoms with E-state index in [0.29, 0.717) is 6.54 Å². The molecule has 0 aromatic heterocycles. The Balaban J connectivity index is 2.37. The predicted molar refractivity (Wildman–Crippen MR) is 59.7 cm³/mol. The topological polar surface area (TPSA) is 55.4 Å². The zero-order chi connectivity index (χ0) is 12.0. The molecule has 0 aliphatic carbocycles. The standard InChI is InChI=1S/C12H15NO3/c1-9-5-3-4-6-11(9)7-13-12(15)8-16-10(2)14/h3-6H,7-8H2,1-2H3,(H,13,15). The predicted octanol–water partition coefficient (Wildman–Crippen LogP) is 1.17. The van der Waals surface area contributed by atoms with Gasteiger partial charge in [-0.3, -0.25) is 9.59 Å². The van der Waals surface area contributed by atoms with Gasteiger partial charge in [-0.25, -0.2) is 0 Å². The van der Waals surface area contributed by atoms with E-state index in [1.807, 2.05) is 31.2 Å². The maximum atomic E-state index is 11.2. The van der Waals surface area contributed by atoms with Crippen LogP contribution in [0.4, 0.5) is 0 Å². The molecule has 0 saturated heterocycles. The van der Waals surface area contributed by atoms with Crippen molar-refractivity contribution in [1.29, 1.82) is 0 Å². The Labute approximate surface area is 94.6 Å². The number of aryl methyl sites for hydroxylation is 1. The van der Waals surface area contributed by atoms with Crippen LogP contribution in [0.25, 0.3) is 0 Å². The second-order valence-electron chi connectivity index (χ2n) is 3.48. The Morgan fingerprint density at radius 3 is 2.62 bits per heavy atom. The van der Waals surface area contributed by atoms with Gasteiger partial charge in [-0.15, -0.1) is 0 Å². The molecule has 0 spiro atoms. The molecule has 0 unspecified atom stereocenters. The summed E-state index contributed by atoms with van der Waals surface area (Å²) in [5.74, 6) is -0.746. The number of rotatable bonds is 4. The fraction of sp³-hybridized carbons (Fsp3) is 0.333. The summed E-state index contributed by atoms with van der Waals surface area (Å²) in [6, 6.07) is 7.79. The fourth-order valence-electron chi connectivity index (χ4n) is 1.22. The van der Waals surface area contributed by atoms with Gasteiger partial charge in [0.15, 0.2) is 6.61 Å². The molecule has 0 heterocycles. The number of ether oxygens (including phenoxy) is 1. The van der Waals surface area contributed by atoms with Crippen molar-refractivity contribution in [1.82, 2.24) is 5.32 Å². The second kappa shape index (κ2) is 5.90. The van der Waals surface area contributed by atoms with Crippen molar-refractivity contribution in [3.05, 3.63) is 35.4 Å². The molecule has 1 amide bonds. The molecule has 4 heteroatoms. The molecule has 0 aliphatic rings. The first-order valence-corrected chi connectivity index (χ1v) is 5.04. The van der Waals surface area contributed by atoms with Gasteiger partial charge in [0, 0.05) is 13.5 Å². The monoisotopic (exact) mass is 221 g/mol. The molecule has 0 fully saturated rings. The molecule has 0 bridgehead atoms. The molecule has 1 N–H and O–H groups in total. The summed E-state index contributed by atoms with van der Waals surface area (Å²) in [6.07, 6.45) is 0. The Hall–Kier alpha value is -1.84. The summed E-state index contributed by atoms with van der Waals surface area (Å²) in [7, 11) is 0. The Kier molecular flexibility index (Phi) is 4.51. The maximum Gasteiger partial charge on any atom is 0.303 e. The van der Waals surface area contributed by atoms with Crippen molar-refractivity contribution in [3.8, 4) is 0 Å². The third-order valence-corrected chi connectivity index (χ3v) is 2.14. The summed E-state index contributed by atoms with van der Waals surface area (Å²) in [5.41, 5.74) is 2.17. The van der Waals surface area contributed by atoms with Gasteiger partial charge in [0.25, 0.3) is 5.91 Å². The third-order valence-electron chi connectivity index (χ3n) is 2.14. The maximum absolute atomic E-state index is 11.2. The van der Waals surface area contributed by atoms with Crippen LogP contribution in [0.15, 0.2) is 24.3 Å². The normalized spacial score (nSPS) is 9.62. The molecule has 16 heavy (non-hydrogen) atoms. The van der Waals surface area contributed by atoms with Gasteiger partial charge >= 0.3 is 5.97 Å². The largest absolute Gasteiger partial charge is 0.456 e. The van der Waals surface area contributed by atoms with E-state index in [4.69, 9.17) is 0 Å². The molecule has 0 saturated carbocycles. The number of benzene rings is 1. The summed E-state index contributed by atoms with van der Waals surface area (Å²) in [6.45, 7) is 3.48. The fourth-order valence-corrected chi connectivity index (χ4v) is 1.22. The van der Waals surface area contributed by atoms with Crippen molar-refractivity contribution in [2.24, 2.45) is 0 Å². The highest BCUT2D eigenvalue weighted by Crippen LogP contribution is 2.05. The van der Waals surface area contributed by atoms with E-state index in [2.05, 4.69) is 10.1 Å². The zero-order valence-electron chi connectivity index (χ0n) is 9.45. The lowest BCUT2D eigenvalue weighted by Gasteiger charge is -2.07. The highest BCUT2D eigenvalue weighted by Gasteiger charge is 2.04. The SMILES string of the molecule is CC(=O)OCC(=O)NCc1ccccc1C. The number of carbonyl (C=O) groups excluding carboxylic acids is 2. The first-order valence-electron chi connectivity index (χ1n) is 5.04. The highest BCUT2D eigenvalue weighted by molar-refractivity contribution is 5.79. The van der Waals surface area contributed by atoms with Crippen LogP contribution in [0, 0.1) is 6.92 Å². The van der Waals surface area contributed by atoms with Crippen molar-refractivity contribution in [2.45, 2.75) is 20.4 Å². The van der Waals surface area contributed by atoms with Crippen LogP contribution >= 0.6 is 0 Å². The molecular weight excluding hydrogens is 206 g/mol. The Morgan fingerprint density at radius 2 is 2.00 bits per heavy atom. The van der Waals surface area contributed by atoms with Crippen LogP contribution in [0.2, 0.25) is 0 Å². The lowest BCUT2D eigenvalue weighted by molar-refractivity contribution is -0.146. The van der Waals surface area contributed by atoms with Gasteiger partial charge in [-0.2, -0.15) is 0 Å². The Morgan fingerprint density at radius 1 is 1.31 bits per heavy atom. The van der Waals surface area contributed by atoms with Gasteiger partial charge in [-0.1, -0.05) is 24.3 Å². The summed E-state index contributed by atoms with van der Waals surface area (Å²) in [4.78, 5) is 21.7. The summed E-state index contributed by atoms with van der Waals surface area (Å²) in [5, 5.41) is 2.68. The lowest BCUT2D eigenvalue weighted by atomic mass is 10.1. The molecule has 1 aromatic carbocycles. The van der Waals surface area contributed by atoms with E-state index >= 15 is 0 Å².